The van der Waals surface area contributed by atoms with Crippen molar-refractivity contribution in [1.82, 2.24) is 0 Å². The molecule has 1 aromatic carbocycles. The standard InChI is InChI=1S/C10H12BrNO2/c1-2-9(12)7-5-6(10(13)14)3-4-8(7)11/h3-5,9H,2,12H2,1H3,(H,13,14)/t9-/m1/s1. The molecule has 0 aliphatic carbocycles. The van der Waals surface area contributed by atoms with Crippen LogP contribution in [0.1, 0.15) is 35.3 Å². The first kappa shape index (κ1) is 11.2. The molecule has 3 nitrogen and oxygen atoms in total. The number of carboxylic acid groups (broad SMARTS) is 1. The molecular formula is C10H12BrNO2. The summed E-state index contributed by atoms with van der Waals surface area (Å²) in [5.74, 6) is -0.929. The second kappa shape index (κ2) is 4.57. The normalized spacial score (nSPS) is 12.5. The fraction of sp³-hybridized carbons (Fsp3) is 0.300. The summed E-state index contributed by atoms with van der Waals surface area (Å²) < 4.78 is 0.858. The van der Waals surface area contributed by atoms with Gasteiger partial charge in [-0.1, -0.05) is 22.9 Å². The lowest BCUT2D eigenvalue weighted by Crippen LogP contribution is -2.10. The smallest absolute Gasteiger partial charge is 0.335 e. The monoisotopic (exact) mass is 257 g/mol. The van der Waals surface area contributed by atoms with Crippen molar-refractivity contribution in [1.29, 1.82) is 0 Å². The molecule has 76 valence electrons. The van der Waals surface area contributed by atoms with Gasteiger partial charge in [0.25, 0.3) is 0 Å². The van der Waals surface area contributed by atoms with E-state index in [9.17, 15) is 4.79 Å². The van der Waals surface area contributed by atoms with Crippen molar-refractivity contribution in [2.75, 3.05) is 0 Å². The van der Waals surface area contributed by atoms with E-state index in [2.05, 4.69) is 15.9 Å². The van der Waals surface area contributed by atoms with Crippen LogP contribution in [0.4, 0.5) is 0 Å². The molecule has 0 aliphatic rings. The number of benzene rings is 1. The van der Waals surface area contributed by atoms with Crippen molar-refractivity contribution >= 4 is 21.9 Å². The van der Waals surface area contributed by atoms with E-state index in [0.717, 1.165) is 16.5 Å². The predicted molar refractivity (Wildman–Crippen MR) is 58.3 cm³/mol. The van der Waals surface area contributed by atoms with Crippen LogP contribution >= 0.6 is 15.9 Å². The van der Waals surface area contributed by atoms with Gasteiger partial charge < -0.3 is 10.8 Å². The van der Waals surface area contributed by atoms with Crippen molar-refractivity contribution in [2.45, 2.75) is 19.4 Å². The van der Waals surface area contributed by atoms with Gasteiger partial charge in [0, 0.05) is 10.5 Å². The topological polar surface area (TPSA) is 63.3 Å². The molecule has 0 radical (unpaired) electrons. The molecule has 0 heterocycles. The Morgan fingerprint density at radius 1 is 1.64 bits per heavy atom. The molecule has 0 fully saturated rings. The molecule has 0 unspecified atom stereocenters. The molecule has 1 aromatic rings. The third-order valence-electron chi connectivity index (χ3n) is 2.08. The van der Waals surface area contributed by atoms with E-state index in [1.165, 1.54) is 0 Å². The predicted octanol–water partition coefficient (Wildman–Crippen LogP) is 2.56. The first-order valence-corrected chi connectivity index (χ1v) is 5.14. The van der Waals surface area contributed by atoms with Crippen molar-refractivity contribution in [3.63, 3.8) is 0 Å². The summed E-state index contributed by atoms with van der Waals surface area (Å²) in [5, 5.41) is 8.80. The van der Waals surface area contributed by atoms with E-state index in [4.69, 9.17) is 10.8 Å². The maximum atomic E-state index is 10.7. The van der Waals surface area contributed by atoms with Gasteiger partial charge in [0.2, 0.25) is 0 Å². The van der Waals surface area contributed by atoms with Gasteiger partial charge in [-0.25, -0.2) is 4.79 Å². The quantitative estimate of drug-likeness (QED) is 0.875. The van der Waals surface area contributed by atoms with Crippen LogP contribution in [0.3, 0.4) is 0 Å². The zero-order chi connectivity index (χ0) is 10.7. The van der Waals surface area contributed by atoms with Gasteiger partial charge in [0.05, 0.1) is 5.56 Å². The van der Waals surface area contributed by atoms with Gasteiger partial charge in [-0.05, 0) is 30.2 Å². The number of hydrogen-bond donors (Lipinski definition) is 2. The van der Waals surface area contributed by atoms with Gasteiger partial charge in [0.15, 0.2) is 0 Å². The minimum absolute atomic E-state index is 0.122. The number of carbonyl (C=O) groups is 1. The molecule has 0 saturated heterocycles. The Bertz CT molecular complexity index is 352. The summed E-state index contributed by atoms with van der Waals surface area (Å²) in [6.07, 6.45) is 0.779. The molecule has 14 heavy (non-hydrogen) atoms. The van der Waals surface area contributed by atoms with E-state index in [-0.39, 0.29) is 11.6 Å². The highest BCUT2D eigenvalue weighted by atomic mass is 79.9. The van der Waals surface area contributed by atoms with Gasteiger partial charge in [0.1, 0.15) is 0 Å². The highest BCUT2D eigenvalue weighted by Gasteiger charge is 2.11. The second-order valence-electron chi connectivity index (χ2n) is 3.06. The number of carboxylic acids is 1. The molecule has 0 bridgehead atoms. The molecule has 0 aromatic heterocycles. The van der Waals surface area contributed by atoms with Gasteiger partial charge >= 0.3 is 5.97 Å². The second-order valence-corrected chi connectivity index (χ2v) is 3.91. The van der Waals surface area contributed by atoms with E-state index in [1.807, 2.05) is 6.92 Å². The zero-order valence-corrected chi connectivity index (χ0v) is 9.41. The molecule has 3 N–H and O–H groups in total. The first-order chi connectivity index (χ1) is 6.56. The third kappa shape index (κ3) is 2.33. The Balaban J connectivity index is 3.14. The maximum Gasteiger partial charge on any atom is 0.335 e. The number of rotatable bonds is 3. The number of hydrogen-bond acceptors (Lipinski definition) is 2. The van der Waals surface area contributed by atoms with Crippen LogP contribution in [0.2, 0.25) is 0 Å². The highest BCUT2D eigenvalue weighted by Crippen LogP contribution is 2.25. The maximum absolute atomic E-state index is 10.7. The number of halogens is 1. The molecule has 0 spiro atoms. The molecule has 0 aliphatic heterocycles. The van der Waals surface area contributed by atoms with E-state index in [1.54, 1.807) is 18.2 Å². The fourth-order valence-corrected chi connectivity index (χ4v) is 1.72. The van der Waals surface area contributed by atoms with Crippen molar-refractivity contribution in [3.05, 3.63) is 33.8 Å². The van der Waals surface area contributed by atoms with Crippen molar-refractivity contribution < 1.29 is 9.90 Å². The minimum Gasteiger partial charge on any atom is -0.478 e. The summed E-state index contributed by atoms with van der Waals surface area (Å²) in [7, 11) is 0. The average molecular weight is 258 g/mol. The third-order valence-corrected chi connectivity index (χ3v) is 2.80. The lowest BCUT2D eigenvalue weighted by atomic mass is 10.0. The average Bonchev–Trinajstić information content (AvgIpc) is 2.17. The summed E-state index contributed by atoms with van der Waals surface area (Å²) in [4.78, 5) is 10.7. The van der Waals surface area contributed by atoms with Crippen molar-refractivity contribution in [2.24, 2.45) is 5.73 Å². The summed E-state index contributed by atoms with van der Waals surface area (Å²) in [6.45, 7) is 1.96. The number of nitrogens with two attached hydrogens (primary N) is 1. The lowest BCUT2D eigenvalue weighted by molar-refractivity contribution is 0.0696. The Hall–Kier alpha value is -0.870. The van der Waals surface area contributed by atoms with Crippen LogP contribution in [0.15, 0.2) is 22.7 Å². The molecule has 1 atom stereocenters. The Morgan fingerprint density at radius 3 is 2.79 bits per heavy atom. The fourth-order valence-electron chi connectivity index (χ4n) is 1.18. The Morgan fingerprint density at radius 2 is 2.29 bits per heavy atom. The largest absolute Gasteiger partial charge is 0.478 e. The number of aromatic carboxylic acids is 1. The van der Waals surface area contributed by atoms with Crippen LogP contribution in [0.5, 0.6) is 0 Å². The summed E-state index contributed by atoms with van der Waals surface area (Å²) in [5.41, 5.74) is 6.95. The Kier molecular flexibility index (Phi) is 3.66. The van der Waals surface area contributed by atoms with Crippen LogP contribution in [0.25, 0.3) is 0 Å². The van der Waals surface area contributed by atoms with E-state index < -0.39 is 5.97 Å². The van der Waals surface area contributed by atoms with Gasteiger partial charge in [-0.2, -0.15) is 0 Å². The van der Waals surface area contributed by atoms with E-state index in [0.29, 0.717) is 0 Å². The first-order valence-electron chi connectivity index (χ1n) is 4.34. The molecule has 0 amide bonds. The molecule has 0 saturated carbocycles. The summed E-state index contributed by atoms with van der Waals surface area (Å²) >= 11 is 3.35. The highest BCUT2D eigenvalue weighted by molar-refractivity contribution is 9.10. The molecule has 4 heteroatoms. The van der Waals surface area contributed by atoms with E-state index >= 15 is 0 Å². The van der Waals surface area contributed by atoms with Crippen molar-refractivity contribution in [3.8, 4) is 0 Å². The molecular weight excluding hydrogens is 246 g/mol. The van der Waals surface area contributed by atoms with Crippen LogP contribution in [0, 0.1) is 0 Å². The van der Waals surface area contributed by atoms with Crippen LogP contribution < -0.4 is 5.73 Å². The van der Waals surface area contributed by atoms with Crippen LogP contribution in [-0.2, 0) is 0 Å². The summed E-state index contributed by atoms with van der Waals surface area (Å²) in [6, 6.07) is 4.76. The lowest BCUT2D eigenvalue weighted by Gasteiger charge is -2.11. The minimum atomic E-state index is -0.929. The zero-order valence-electron chi connectivity index (χ0n) is 7.83. The van der Waals surface area contributed by atoms with Gasteiger partial charge in [-0.3, -0.25) is 0 Å². The SMILES string of the molecule is CC[C@@H](N)c1cc(C(=O)O)ccc1Br. The molecule has 1 rings (SSSR count). The van der Waals surface area contributed by atoms with Gasteiger partial charge in [-0.15, -0.1) is 0 Å². The Labute approximate surface area is 91.1 Å². The van der Waals surface area contributed by atoms with Crippen LogP contribution in [-0.4, -0.2) is 11.1 Å².